The summed E-state index contributed by atoms with van der Waals surface area (Å²) in [4.78, 5) is 11.4. The number of benzene rings is 1. The average molecular weight is 292 g/mol. The minimum absolute atomic E-state index is 0.184. The molecular weight excluding hydrogens is 277 g/mol. The molecule has 0 radical (unpaired) electrons. The predicted octanol–water partition coefficient (Wildman–Crippen LogP) is 1.38. The molecule has 5 nitrogen and oxygen atoms in total. The molecule has 112 valence electrons. The van der Waals surface area contributed by atoms with E-state index in [1.165, 1.54) is 26.4 Å². The molecule has 0 aromatic heterocycles. The molecule has 1 amide bonds. The van der Waals surface area contributed by atoms with Gasteiger partial charge >= 0.3 is 6.18 Å². The highest BCUT2D eigenvalue weighted by Crippen LogP contribution is 2.30. The highest BCUT2D eigenvalue weighted by molar-refractivity contribution is 5.82. The second-order valence-corrected chi connectivity index (χ2v) is 3.94. The van der Waals surface area contributed by atoms with Crippen molar-refractivity contribution in [2.75, 3.05) is 20.8 Å². The lowest BCUT2D eigenvalue weighted by Gasteiger charge is -2.20. The van der Waals surface area contributed by atoms with Crippen molar-refractivity contribution in [1.82, 2.24) is 5.32 Å². The van der Waals surface area contributed by atoms with Gasteiger partial charge in [0.2, 0.25) is 5.91 Å². The average Bonchev–Trinajstić information content (AvgIpc) is 2.37. The molecule has 1 aromatic rings. The van der Waals surface area contributed by atoms with Crippen molar-refractivity contribution in [3.05, 3.63) is 23.8 Å². The third-order valence-electron chi connectivity index (χ3n) is 2.54. The monoisotopic (exact) mass is 292 g/mol. The SMILES string of the molecule is COc1ccc(OC)c(C(NCC(F)(F)F)C(N)=O)c1. The second kappa shape index (κ2) is 6.47. The van der Waals surface area contributed by atoms with Crippen molar-refractivity contribution in [1.29, 1.82) is 0 Å². The molecule has 1 atom stereocenters. The first-order chi connectivity index (χ1) is 9.28. The Bertz CT molecular complexity index is 478. The Morgan fingerprint density at radius 3 is 2.45 bits per heavy atom. The van der Waals surface area contributed by atoms with Gasteiger partial charge in [-0.2, -0.15) is 13.2 Å². The quantitative estimate of drug-likeness (QED) is 0.831. The molecule has 0 saturated carbocycles. The minimum Gasteiger partial charge on any atom is -0.497 e. The van der Waals surface area contributed by atoms with E-state index in [0.29, 0.717) is 5.75 Å². The van der Waals surface area contributed by atoms with E-state index in [9.17, 15) is 18.0 Å². The lowest BCUT2D eigenvalue weighted by atomic mass is 10.0. The van der Waals surface area contributed by atoms with Crippen LogP contribution in [-0.4, -0.2) is 32.8 Å². The number of methoxy groups -OCH3 is 2. The fraction of sp³-hybridized carbons (Fsp3) is 0.417. The van der Waals surface area contributed by atoms with Crippen molar-refractivity contribution in [2.45, 2.75) is 12.2 Å². The van der Waals surface area contributed by atoms with Gasteiger partial charge in [0.15, 0.2) is 0 Å². The Hall–Kier alpha value is -1.96. The van der Waals surface area contributed by atoms with Crippen molar-refractivity contribution in [3.63, 3.8) is 0 Å². The molecule has 0 aliphatic rings. The third kappa shape index (κ3) is 4.30. The highest BCUT2D eigenvalue weighted by atomic mass is 19.4. The lowest BCUT2D eigenvalue weighted by Crippen LogP contribution is -2.39. The van der Waals surface area contributed by atoms with Crippen LogP contribution < -0.4 is 20.5 Å². The summed E-state index contributed by atoms with van der Waals surface area (Å²) in [6.45, 7) is -1.35. The smallest absolute Gasteiger partial charge is 0.401 e. The Morgan fingerprint density at radius 1 is 1.35 bits per heavy atom. The van der Waals surface area contributed by atoms with Crippen LogP contribution in [0.5, 0.6) is 11.5 Å². The van der Waals surface area contributed by atoms with Crippen LogP contribution in [0.2, 0.25) is 0 Å². The van der Waals surface area contributed by atoms with Gasteiger partial charge in [-0.3, -0.25) is 10.1 Å². The van der Waals surface area contributed by atoms with E-state index in [1.54, 1.807) is 6.07 Å². The van der Waals surface area contributed by atoms with Crippen molar-refractivity contribution >= 4 is 5.91 Å². The Labute approximate surface area is 113 Å². The Kier molecular flexibility index (Phi) is 5.20. The summed E-state index contributed by atoms with van der Waals surface area (Å²) in [7, 11) is 2.74. The van der Waals surface area contributed by atoms with Gasteiger partial charge in [-0.25, -0.2) is 0 Å². The number of nitrogens with two attached hydrogens (primary N) is 1. The zero-order valence-electron chi connectivity index (χ0n) is 11.0. The molecule has 3 N–H and O–H groups in total. The fourth-order valence-corrected chi connectivity index (χ4v) is 1.65. The van der Waals surface area contributed by atoms with Crippen LogP contribution in [0.25, 0.3) is 0 Å². The summed E-state index contributed by atoms with van der Waals surface area (Å²) in [6.07, 6.45) is -4.46. The molecule has 0 bridgehead atoms. The highest BCUT2D eigenvalue weighted by Gasteiger charge is 2.31. The fourth-order valence-electron chi connectivity index (χ4n) is 1.65. The number of rotatable bonds is 6. The number of carbonyl (C=O) groups is 1. The number of ether oxygens (including phenoxy) is 2. The zero-order chi connectivity index (χ0) is 15.3. The van der Waals surface area contributed by atoms with E-state index in [-0.39, 0.29) is 11.3 Å². The molecule has 20 heavy (non-hydrogen) atoms. The number of primary amides is 1. The standard InChI is InChI=1S/C12H15F3N2O3/c1-19-7-3-4-9(20-2)8(5-7)10(11(16)18)17-6-12(13,14)15/h3-5,10,17H,6H2,1-2H3,(H2,16,18). The maximum absolute atomic E-state index is 12.3. The van der Waals surface area contributed by atoms with Gasteiger partial charge in [-0.1, -0.05) is 0 Å². The minimum atomic E-state index is -4.46. The molecule has 0 saturated heterocycles. The van der Waals surface area contributed by atoms with E-state index >= 15 is 0 Å². The number of hydrogen-bond acceptors (Lipinski definition) is 4. The van der Waals surface area contributed by atoms with E-state index < -0.39 is 24.7 Å². The van der Waals surface area contributed by atoms with Gasteiger partial charge < -0.3 is 15.2 Å². The predicted molar refractivity (Wildman–Crippen MR) is 65.5 cm³/mol. The first kappa shape index (κ1) is 16.1. The summed E-state index contributed by atoms with van der Waals surface area (Å²) in [6, 6.07) is 3.11. The topological polar surface area (TPSA) is 73.6 Å². The van der Waals surface area contributed by atoms with Gasteiger partial charge in [0.05, 0.1) is 20.8 Å². The van der Waals surface area contributed by atoms with Gasteiger partial charge in [0, 0.05) is 5.56 Å². The van der Waals surface area contributed by atoms with E-state index in [1.807, 2.05) is 0 Å². The summed E-state index contributed by atoms with van der Waals surface area (Å²) in [5.74, 6) is -0.328. The summed E-state index contributed by atoms with van der Waals surface area (Å²) in [5.41, 5.74) is 5.33. The van der Waals surface area contributed by atoms with Crippen molar-refractivity contribution < 1.29 is 27.4 Å². The molecule has 1 rings (SSSR count). The molecule has 0 fully saturated rings. The maximum atomic E-state index is 12.3. The maximum Gasteiger partial charge on any atom is 0.401 e. The van der Waals surface area contributed by atoms with Gasteiger partial charge in [0.1, 0.15) is 17.5 Å². The lowest BCUT2D eigenvalue weighted by molar-refractivity contribution is -0.130. The Balaban J connectivity index is 3.10. The number of halogens is 3. The third-order valence-corrected chi connectivity index (χ3v) is 2.54. The van der Waals surface area contributed by atoms with Crippen LogP contribution in [0.15, 0.2) is 18.2 Å². The van der Waals surface area contributed by atoms with Gasteiger partial charge in [-0.15, -0.1) is 0 Å². The molecule has 0 spiro atoms. The molecule has 1 unspecified atom stereocenters. The number of carbonyl (C=O) groups excluding carboxylic acids is 1. The van der Waals surface area contributed by atoms with E-state index in [4.69, 9.17) is 15.2 Å². The van der Waals surface area contributed by atoms with Crippen molar-refractivity contribution in [2.24, 2.45) is 5.73 Å². The Morgan fingerprint density at radius 2 is 2.00 bits per heavy atom. The summed E-state index contributed by atoms with van der Waals surface area (Å²) in [5, 5.41) is 2.07. The number of hydrogen-bond donors (Lipinski definition) is 2. The van der Waals surface area contributed by atoms with E-state index in [2.05, 4.69) is 5.32 Å². The summed E-state index contributed by atoms with van der Waals surface area (Å²) >= 11 is 0. The van der Waals surface area contributed by atoms with Gasteiger partial charge in [0.25, 0.3) is 0 Å². The molecule has 0 heterocycles. The normalized spacial score (nSPS) is 12.8. The number of amides is 1. The van der Waals surface area contributed by atoms with Crippen LogP contribution in [0.1, 0.15) is 11.6 Å². The van der Waals surface area contributed by atoms with Crippen LogP contribution >= 0.6 is 0 Å². The van der Waals surface area contributed by atoms with Crippen LogP contribution in [0.3, 0.4) is 0 Å². The summed E-state index contributed by atoms with van der Waals surface area (Å²) < 4.78 is 46.8. The number of nitrogens with one attached hydrogen (secondary N) is 1. The molecule has 0 aliphatic carbocycles. The van der Waals surface area contributed by atoms with Crippen LogP contribution in [0.4, 0.5) is 13.2 Å². The van der Waals surface area contributed by atoms with Crippen molar-refractivity contribution in [3.8, 4) is 11.5 Å². The van der Waals surface area contributed by atoms with E-state index in [0.717, 1.165) is 0 Å². The van der Waals surface area contributed by atoms with Gasteiger partial charge in [-0.05, 0) is 18.2 Å². The molecule has 8 heteroatoms. The number of alkyl halides is 3. The second-order valence-electron chi connectivity index (χ2n) is 3.94. The molecular formula is C12H15F3N2O3. The van der Waals surface area contributed by atoms with Crippen LogP contribution in [0, 0.1) is 0 Å². The molecule has 1 aromatic carbocycles. The first-order valence-corrected chi connectivity index (χ1v) is 5.60. The largest absolute Gasteiger partial charge is 0.497 e. The first-order valence-electron chi connectivity index (χ1n) is 5.60. The zero-order valence-corrected chi connectivity index (χ0v) is 11.0. The van der Waals surface area contributed by atoms with Crippen LogP contribution in [-0.2, 0) is 4.79 Å². The molecule has 0 aliphatic heterocycles.